The van der Waals surface area contributed by atoms with Crippen LogP contribution in [0.4, 0.5) is 5.13 Å². The smallest absolute Gasteiger partial charge is 0.245 e. The summed E-state index contributed by atoms with van der Waals surface area (Å²) in [4.78, 5) is 8.28. The van der Waals surface area contributed by atoms with Gasteiger partial charge in [0.05, 0.1) is 11.4 Å². The Morgan fingerprint density at radius 2 is 1.87 bits per heavy atom. The molecule has 0 atom stereocenters. The van der Waals surface area contributed by atoms with Crippen molar-refractivity contribution in [2.45, 2.75) is 11.4 Å². The standard InChI is InChI=1S/C15H12ClN3O2S2/c16-14-10-12(6-7-17-14)11-19(15-18-8-9-22-15)23(20,21)13-4-2-1-3-5-13/h1-10H,11H2. The van der Waals surface area contributed by atoms with Gasteiger partial charge in [-0.3, -0.25) is 0 Å². The molecule has 2 heterocycles. The predicted octanol–water partition coefficient (Wildman–Crippen LogP) is 3.59. The SMILES string of the molecule is O=S(=O)(c1ccccc1)N(Cc1ccnc(Cl)c1)c1nccs1. The zero-order chi connectivity index (χ0) is 16.3. The topological polar surface area (TPSA) is 63.2 Å². The molecule has 2 aromatic heterocycles. The van der Waals surface area contributed by atoms with Crippen LogP contribution in [0.3, 0.4) is 0 Å². The van der Waals surface area contributed by atoms with E-state index >= 15 is 0 Å². The molecule has 8 heteroatoms. The Hall–Kier alpha value is -1.96. The van der Waals surface area contributed by atoms with Gasteiger partial charge < -0.3 is 0 Å². The summed E-state index contributed by atoms with van der Waals surface area (Å²) in [5.74, 6) is 0. The van der Waals surface area contributed by atoms with E-state index in [4.69, 9.17) is 11.6 Å². The number of nitrogens with zero attached hydrogens (tertiary/aromatic N) is 3. The molecule has 5 nitrogen and oxygen atoms in total. The quantitative estimate of drug-likeness (QED) is 0.648. The van der Waals surface area contributed by atoms with Gasteiger partial charge >= 0.3 is 0 Å². The van der Waals surface area contributed by atoms with Crippen molar-refractivity contribution < 1.29 is 8.42 Å². The fourth-order valence-corrected chi connectivity index (χ4v) is 4.52. The fourth-order valence-electron chi connectivity index (χ4n) is 2.02. The van der Waals surface area contributed by atoms with E-state index in [-0.39, 0.29) is 11.4 Å². The average Bonchev–Trinajstić information content (AvgIpc) is 3.07. The minimum atomic E-state index is -3.72. The first-order chi connectivity index (χ1) is 11.1. The molecular formula is C15H12ClN3O2S2. The van der Waals surface area contributed by atoms with Crippen LogP contribution in [0, 0.1) is 0 Å². The molecule has 0 aliphatic heterocycles. The average molecular weight is 366 g/mol. The van der Waals surface area contributed by atoms with Crippen LogP contribution >= 0.6 is 22.9 Å². The van der Waals surface area contributed by atoms with Gasteiger partial charge in [0.1, 0.15) is 5.15 Å². The highest BCUT2D eigenvalue weighted by Crippen LogP contribution is 2.27. The predicted molar refractivity (Wildman–Crippen MR) is 91.2 cm³/mol. The van der Waals surface area contributed by atoms with E-state index in [2.05, 4.69) is 9.97 Å². The van der Waals surface area contributed by atoms with E-state index < -0.39 is 10.0 Å². The largest absolute Gasteiger partial charge is 0.266 e. The zero-order valence-corrected chi connectivity index (χ0v) is 14.2. The number of rotatable bonds is 5. The summed E-state index contributed by atoms with van der Waals surface area (Å²) in [5.41, 5.74) is 0.736. The second-order valence-electron chi connectivity index (χ2n) is 4.63. The lowest BCUT2D eigenvalue weighted by Gasteiger charge is -2.21. The van der Waals surface area contributed by atoms with Crippen LogP contribution < -0.4 is 4.31 Å². The summed E-state index contributed by atoms with van der Waals surface area (Å²) >= 11 is 7.16. The van der Waals surface area contributed by atoms with Gasteiger partial charge in [-0.05, 0) is 29.8 Å². The van der Waals surface area contributed by atoms with Gasteiger partial charge in [0.15, 0.2) is 5.13 Å². The van der Waals surface area contributed by atoms with Gasteiger partial charge in [-0.25, -0.2) is 22.7 Å². The number of aromatic nitrogens is 2. The number of pyridine rings is 1. The molecule has 0 aliphatic rings. The van der Waals surface area contributed by atoms with Crippen LogP contribution in [0.15, 0.2) is 65.1 Å². The number of thiazole rings is 1. The number of sulfonamides is 1. The molecule has 23 heavy (non-hydrogen) atoms. The highest BCUT2D eigenvalue weighted by Gasteiger charge is 2.26. The third-order valence-electron chi connectivity index (χ3n) is 3.08. The number of hydrogen-bond acceptors (Lipinski definition) is 5. The Labute approximate surface area is 143 Å². The zero-order valence-electron chi connectivity index (χ0n) is 11.8. The molecule has 0 unspecified atom stereocenters. The molecule has 0 bridgehead atoms. The minimum Gasteiger partial charge on any atom is -0.245 e. The summed E-state index contributed by atoms with van der Waals surface area (Å²) in [6, 6.07) is 11.7. The lowest BCUT2D eigenvalue weighted by Crippen LogP contribution is -2.30. The lowest BCUT2D eigenvalue weighted by molar-refractivity contribution is 0.590. The van der Waals surface area contributed by atoms with Crippen LogP contribution in [0.5, 0.6) is 0 Å². The van der Waals surface area contributed by atoms with Crippen LogP contribution in [0.2, 0.25) is 5.15 Å². The summed E-state index contributed by atoms with van der Waals surface area (Å²) in [7, 11) is -3.72. The molecule has 0 fully saturated rings. The van der Waals surface area contributed by atoms with Crippen molar-refractivity contribution >= 4 is 38.1 Å². The van der Waals surface area contributed by atoms with Crippen LogP contribution in [-0.4, -0.2) is 18.4 Å². The van der Waals surface area contributed by atoms with E-state index in [1.807, 2.05) is 0 Å². The highest BCUT2D eigenvalue weighted by molar-refractivity contribution is 7.93. The van der Waals surface area contributed by atoms with E-state index in [1.54, 1.807) is 60.2 Å². The Bertz CT molecular complexity index is 884. The van der Waals surface area contributed by atoms with Gasteiger partial charge in [0.2, 0.25) is 0 Å². The van der Waals surface area contributed by atoms with Gasteiger partial charge in [0.25, 0.3) is 10.0 Å². The van der Waals surface area contributed by atoms with Crippen molar-refractivity contribution in [3.8, 4) is 0 Å². The molecule has 0 aliphatic carbocycles. The van der Waals surface area contributed by atoms with E-state index in [1.165, 1.54) is 15.6 Å². The second kappa shape index (κ2) is 6.66. The normalized spacial score (nSPS) is 11.3. The Balaban J connectivity index is 2.03. The van der Waals surface area contributed by atoms with Crippen molar-refractivity contribution in [3.05, 3.63) is 71.0 Å². The molecule has 0 spiro atoms. The number of anilines is 1. The first-order valence-corrected chi connectivity index (χ1v) is 9.35. The molecule has 0 N–H and O–H groups in total. The molecule has 0 saturated carbocycles. The maximum Gasteiger partial charge on any atom is 0.266 e. The molecule has 1 aromatic carbocycles. The summed E-state index contributed by atoms with van der Waals surface area (Å²) in [6.07, 6.45) is 3.12. The van der Waals surface area contributed by atoms with Crippen LogP contribution in [0.25, 0.3) is 0 Å². The molecule has 0 saturated heterocycles. The molecule has 0 radical (unpaired) electrons. The van der Waals surface area contributed by atoms with E-state index in [9.17, 15) is 8.42 Å². The fraction of sp³-hybridized carbons (Fsp3) is 0.0667. The molecule has 3 aromatic rings. The van der Waals surface area contributed by atoms with Crippen molar-refractivity contribution in [3.63, 3.8) is 0 Å². The monoisotopic (exact) mass is 365 g/mol. The maximum absolute atomic E-state index is 13.0. The van der Waals surface area contributed by atoms with Crippen molar-refractivity contribution in [1.29, 1.82) is 0 Å². The third kappa shape index (κ3) is 3.52. The van der Waals surface area contributed by atoms with Gasteiger partial charge in [0, 0.05) is 17.8 Å². The van der Waals surface area contributed by atoms with E-state index in [0.717, 1.165) is 5.56 Å². The molecule has 3 rings (SSSR count). The van der Waals surface area contributed by atoms with Gasteiger partial charge in [-0.1, -0.05) is 29.8 Å². The number of halogens is 1. The highest BCUT2D eigenvalue weighted by atomic mass is 35.5. The first kappa shape index (κ1) is 15.9. The third-order valence-corrected chi connectivity index (χ3v) is 5.95. The summed E-state index contributed by atoms with van der Waals surface area (Å²) < 4.78 is 27.2. The summed E-state index contributed by atoms with van der Waals surface area (Å²) in [5, 5.41) is 2.46. The van der Waals surface area contributed by atoms with Crippen molar-refractivity contribution in [2.75, 3.05) is 4.31 Å². The summed E-state index contributed by atoms with van der Waals surface area (Å²) in [6.45, 7) is 0.132. The van der Waals surface area contributed by atoms with E-state index in [0.29, 0.717) is 10.3 Å². The Kier molecular flexibility index (Phi) is 4.61. The lowest BCUT2D eigenvalue weighted by atomic mass is 10.3. The second-order valence-corrected chi connectivity index (χ2v) is 7.75. The van der Waals surface area contributed by atoms with Crippen LogP contribution in [0.1, 0.15) is 5.56 Å². The van der Waals surface area contributed by atoms with Gasteiger partial charge in [-0.15, -0.1) is 11.3 Å². The molecule has 118 valence electrons. The minimum absolute atomic E-state index is 0.132. The Morgan fingerprint density at radius 3 is 2.52 bits per heavy atom. The van der Waals surface area contributed by atoms with Crippen LogP contribution in [-0.2, 0) is 16.6 Å². The van der Waals surface area contributed by atoms with Crippen molar-refractivity contribution in [1.82, 2.24) is 9.97 Å². The van der Waals surface area contributed by atoms with Gasteiger partial charge in [-0.2, -0.15) is 0 Å². The number of hydrogen-bond donors (Lipinski definition) is 0. The molecule has 0 amide bonds. The first-order valence-electron chi connectivity index (χ1n) is 6.65. The van der Waals surface area contributed by atoms with Crippen molar-refractivity contribution in [2.24, 2.45) is 0 Å². The number of benzene rings is 1. The molecular weight excluding hydrogens is 354 g/mol. The Morgan fingerprint density at radius 1 is 1.09 bits per heavy atom. The maximum atomic E-state index is 13.0.